The summed E-state index contributed by atoms with van der Waals surface area (Å²) in [4.78, 5) is 14.3. The normalized spacial score (nSPS) is 16.6. The Morgan fingerprint density at radius 3 is 2.54 bits per heavy atom. The Hall–Kier alpha value is -3.02. The highest BCUT2D eigenvalue weighted by atomic mass is 19.4. The molecule has 1 aliphatic heterocycles. The number of carbonyl (C=O) groups is 1. The third-order valence-electron chi connectivity index (χ3n) is 4.40. The molecule has 0 saturated heterocycles. The molecule has 6 heteroatoms. The van der Waals surface area contributed by atoms with Gasteiger partial charge in [0, 0.05) is 24.9 Å². The summed E-state index contributed by atoms with van der Waals surface area (Å²) in [5.41, 5.74) is 1.00. The van der Waals surface area contributed by atoms with Crippen molar-refractivity contribution in [1.82, 2.24) is 4.90 Å². The molecule has 2 aromatic carbocycles. The fraction of sp³-hybridized carbons (Fsp3) is 0.227. The molecule has 1 atom stereocenters. The molecule has 0 radical (unpaired) electrons. The van der Waals surface area contributed by atoms with E-state index < -0.39 is 23.6 Å². The van der Waals surface area contributed by atoms with Crippen LogP contribution in [0.2, 0.25) is 0 Å². The molecule has 146 valence electrons. The fourth-order valence-corrected chi connectivity index (χ4v) is 3.09. The summed E-state index contributed by atoms with van der Waals surface area (Å²) in [6, 6.07) is 14.7. The van der Waals surface area contributed by atoms with Crippen LogP contribution in [0, 0.1) is 0 Å². The van der Waals surface area contributed by atoms with Crippen LogP contribution < -0.4 is 0 Å². The Morgan fingerprint density at radius 2 is 1.86 bits per heavy atom. The maximum absolute atomic E-state index is 13.1. The van der Waals surface area contributed by atoms with E-state index in [1.54, 1.807) is 31.5 Å². The average molecular weight is 387 g/mol. The van der Waals surface area contributed by atoms with Crippen LogP contribution in [0.25, 0.3) is 0 Å². The Bertz CT molecular complexity index is 888. The number of allylic oxidation sites excluding steroid dienone is 1. The molecule has 0 fully saturated rings. The summed E-state index contributed by atoms with van der Waals surface area (Å²) in [5.74, 6) is -1.14. The lowest BCUT2D eigenvalue weighted by atomic mass is 9.88. The smallest absolute Gasteiger partial charge is 0.416 e. The van der Waals surface area contributed by atoms with E-state index in [0.717, 1.165) is 17.7 Å². The van der Waals surface area contributed by atoms with Crippen molar-refractivity contribution >= 4 is 5.97 Å². The van der Waals surface area contributed by atoms with Gasteiger partial charge in [-0.3, -0.25) is 0 Å². The monoisotopic (exact) mass is 387 g/mol. The number of hydrogen-bond donors (Lipinski definition) is 0. The molecule has 0 spiro atoms. The summed E-state index contributed by atoms with van der Waals surface area (Å²) in [7, 11) is 0. The summed E-state index contributed by atoms with van der Waals surface area (Å²) in [6.07, 6.45) is 0.711. The number of carbonyl (C=O) groups excluding carboxylic acids is 1. The van der Waals surface area contributed by atoms with Crippen LogP contribution in [-0.2, 0) is 22.3 Å². The number of alkyl halides is 3. The molecule has 3 rings (SSSR count). The zero-order chi connectivity index (χ0) is 20.1. The van der Waals surface area contributed by atoms with Gasteiger partial charge in [-0.2, -0.15) is 13.2 Å². The highest BCUT2D eigenvalue weighted by molar-refractivity contribution is 5.91. The van der Waals surface area contributed by atoms with Gasteiger partial charge < -0.3 is 9.64 Å². The molecule has 0 amide bonds. The lowest BCUT2D eigenvalue weighted by molar-refractivity contribution is -0.139. The van der Waals surface area contributed by atoms with Crippen molar-refractivity contribution in [1.29, 1.82) is 0 Å². The molecule has 0 aliphatic carbocycles. The predicted octanol–water partition coefficient (Wildman–Crippen LogP) is 5.27. The first-order valence-corrected chi connectivity index (χ1v) is 8.92. The van der Waals surface area contributed by atoms with Gasteiger partial charge in [0.25, 0.3) is 0 Å². The number of benzene rings is 2. The van der Waals surface area contributed by atoms with Crippen LogP contribution in [0.4, 0.5) is 13.2 Å². The largest absolute Gasteiger partial charge is 0.463 e. The molecule has 1 unspecified atom stereocenters. The molecule has 3 nitrogen and oxygen atoms in total. The third-order valence-corrected chi connectivity index (χ3v) is 4.40. The molecule has 28 heavy (non-hydrogen) atoms. The number of halogens is 3. The number of esters is 1. The molecule has 0 aromatic heterocycles. The summed E-state index contributed by atoms with van der Waals surface area (Å²) >= 11 is 0. The highest BCUT2D eigenvalue weighted by Crippen LogP contribution is 2.35. The molecular formula is C22H20F3NO2. The van der Waals surface area contributed by atoms with E-state index in [2.05, 4.69) is 0 Å². The molecule has 1 heterocycles. The van der Waals surface area contributed by atoms with Crippen LogP contribution in [0.1, 0.15) is 29.5 Å². The number of nitrogens with zero attached hydrogens (tertiary/aromatic N) is 1. The second kappa shape index (κ2) is 8.33. The quantitative estimate of drug-likeness (QED) is 0.655. The van der Waals surface area contributed by atoms with E-state index in [9.17, 15) is 18.0 Å². The molecule has 0 saturated carbocycles. The van der Waals surface area contributed by atoms with Gasteiger partial charge in [-0.05, 0) is 24.1 Å². The number of rotatable bonds is 5. The zero-order valence-electron chi connectivity index (χ0n) is 15.3. The first-order valence-electron chi connectivity index (χ1n) is 8.92. The topological polar surface area (TPSA) is 29.5 Å². The van der Waals surface area contributed by atoms with Gasteiger partial charge in [0.1, 0.15) is 0 Å². The van der Waals surface area contributed by atoms with Gasteiger partial charge in [0.2, 0.25) is 0 Å². The Balaban J connectivity index is 1.92. The Labute approximate surface area is 161 Å². The average Bonchev–Trinajstić information content (AvgIpc) is 2.68. The third kappa shape index (κ3) is 4.63. The van der Waals surface area contributed by atoms with Crippen molar-refractivity contribution in [3.63, 3.8) is 0 Å². The Kier molecular flexibility index (Phi) is 5.87. The summed E-state index contributed by atoms with van der Waals surface area (Å²) < 4.78 is 44.4. The predicted molar refractivity (Wildman–Crippen MR) is 100 cm³/mol. The second-order valence-corrected chi connectivity index (χ2v) is 6.41. The first-order chi connectivity index (χ1) is 13.4. The van der Waals surface area contributed by atoms with Crippen molar-refractivity contribution < 1.29 is 22.7 Å². The maximum Gasteiger partial charge on any atom is 0.416 e. The van der Waals surface area contributed by atoms with Crippen molar-refractivity contribution in [3.05, 3.63) is 95.3 Å². The van der Waals surface area contributed by atoms with Crippen molar-refractivity contribution in [3.8, 4) is 0 Å². The van der Waals surface area contributed by atoms with Crippen LogP contribution in [0.15, 0.2) is 78.6 Å². The SMILES string of the molecule is CCOC(=O)C1=CN(Cc2ccccc2)C=CC1c1cccc(C(F)(F)F)c1. The second-order valence-electron chi connectivity index (χ2n) is 6.41. The van der Waals surface area contributed by atoms with Crippen molar-refractivity contribution in [2.24, 2.45) is 0 Å². The van der Waals surface area contributed by atoms with Gasteiger partial charge in [-0.1, -0.05) is 54.6 Å². The van der Waals surface area contributed by atoms with Gasteiger partial charge in [0.15, 0.2) is 0 Å². The van der Waals surface area contributed by atoms with E-state index in [-0.39, 0.29) is 6.61 Å². The Morgan fingerprint density at radius 1 is 1.11 bits per heavy atom. The zero-order valence-corrected chi connectivity index (χ0v) is 15.3. The van der Waals surface area contributed by atoms with Crippen LogP contribution in [-0.4, -0.2) is 17.5 Å². The molecule has 2 aromatic rings. The fourth-order valence-electron chi connectivity index (χ4n) is 3.09. The first kappa shape index (κ1) is 19.7. The lowest BCUT2D eigenvalue weighted by Gasteiger charge is -2.27. The number of hydrogen-bond acceptors (Lipinski definition) is 3. The van der Waals surface area contributed by atoms with Crippen molar-refractivity contribution in [2.75, 3.05) is 6.61 Å². The molecular weight excluding hydrogens is 367 g/mol. The molecule has 1 aliphatic rings. The minimum atomic E-state index is -4.44. The van der Waals surface area contributed by atoms with Crippen LogP contribution in [0.5, 0.6) is 0 Å². The summed E-state index contributed by atoms with van der Waals surface area (Å²) in [6.45, 7) is 2.42. The summed E-state index contributed by atoms with van der Waals surface area (Å²) in [5, 5.41) is 0. The minimum absolute atomic E-state index is 0.188. The standard InChI is InChI=1S/C22H20F3NO2/c1-2-28-21(27)20-15-26(14-16-7-4-3-5-8-16)12-11-19(20)17-9-6-10-18(13-17)22(23,24)25/h3-13,15,19H,2,14H2,1H3. The van der Waals surface area contributed by atoms with E-state index in [4.69, 9.17) is 4.74 Å². The van der Waals surface area contributed by atoms with E-state index in [0.29, 0.717) is 17.7 Å². The van der Waals surface area contributed by atoms with Crippen LogP contribution in [0.3, 0.4) is 0 Å². The van der Waals surface area contributed by atoms with E-state index >= 15 is 0 Å². The van der Waals surface area contributed by atoms with E-state index in [1.165, 1.54) is 6.07 Å². The van der Waals surface area contributed by atoms with Gasteiger partial charge in [-0.15, -0.1) is 0 Å². The van der Waals surface area contributed by atoms with Gasteiger partial charge in [-0.25, -0.2) is 4.79 Å². The highest BCUT2D eigenvalue weighted by Gasteiger charge is 2.32. The van der Waals surface area contributed by atoms with Crippen molar-refractivity contribution in [2.45, 2.75) is 25.6 Å². The molecule has 0 bridgehead atoms. The molecule has 0 N–H and O–H groups in total. The lowest BCUT2D eigenvalue weighted by Crippen LogP contribution is -2.22. The van der Waals surface area contributed by atoms with Crippen LogP contribution >= 0.6 is 0 Å². The van der Waals surface area contributed by atoms with E-state index in [1.807, 2.05) is 35.2 Å². The van der Waals surface area contributed by atoms with Gasteiger partial charge in [0.05, 0.1) is 17.7 Å². The number of ether oxygens (including phenoxy) is 1. The van der Waals surface area contributed by atoms with Gasteiger partial charge >= 0.3 is 12.1 Å². The minimum Gasteiger partial charge on any atom is -0.463 e. The maximum atomic E-state index is 13.1.